The molecule has 0 fully saturated rings. The van der Waals surface area contributed by atoms with E-state index in [0.29, 0.717) is 24.0 Å². The number of allylic oxidation sites excluding steroid dienone is 1. The van der Waals surface area contributed by atoms with E-state index in [0.717, 1.165) is 47.0 Å². The van der Waals surface area contributed by atoms with E-state index in [2.05, 4.69) is 60.5 Å². The van der Waals surface area contributed by atoms with Crippen molar-refractivity contribution in [1.29, 1.82) is 0 Å². The van der Waals surface area contributed by atoms with Gasteiger partial charge in [-0.2, -0.15) is 0 Å². The highest BCUT2D eigenvalue weighted by molar-refractivity contribution is 6.12. The number of nitrogens with zero attached hydrogens (tertiary/aromatic N) is 2. The average Bonchev–Trinajstić information content (AvgIpc) is 3.17. The summed E-state index contributed by atoms with van der Waals surface area (Å²) < 4.78 is 0. The molecular formula is C36H35N3O2. The van der Waals surface area contributed by atoms with Gasteiger partial charge < -0.3 is 10.2 Å². The first-order chi connectivity index (χ1) is 20.1. The molecule has 0 saturated carbocycles. The van der Waals surface area contributed by atoms with Crippen molar-refractivity contribution in [3.8, 4) is 0 Å². The first kappa shape index (κ1) is 26.6. The smallest absolute Gasteiger partial charge is 0.259 e. The molecule has 2 aliphatic rings. The Kier molecular flexibility index (Phi) is 7.43. The van der Waals surface area contributed by atoms with Crippen molar-refractivity contribution in [2.24, 2.45) is 0 Å². The number of carbonyl (C=O) groups excluding carboxylic acids is 2. The quantitative estimate of drug-likeness (QED) is 0.271. The first-order valence-corrected chi connectivity index (χ1v) is 14.5. The molecule has 1 aliphatic heterocycles. The number of anilines is 3. The average molecular weight is 542 g/mol. The molecule has 41 heavy (non-hydrogen) atoms. The van der Waals surface area contributed by atoms with E-state index in [1.807, 2.05) is 77.7 Å². The maximum Gasteiger partial charge on any atom is 0.259 e. The molecule has 0 saturated heterocycles. The van der Waals surface area contributed by atoms with Crippen LogP contribution in [0.3, 0.4) is 0 Å². The van der Waals surface area contributed by atoms with Gasteiger partial charge in [-0.1, -0.05) is 72.8 Å². The van der Waals surface area contributed by atoms with Crippen molar-refractivity contribution in [2.45, 2.75) is 38.6 Å². The van der Waals surface area contributed by atoms with Crippen LogP contribution >= 0.6 is 0 Å². The number of carbonyl (C=O) groups is 2. The fraction of sp³-hybridized carbons (Fsp3) is 0.222. The van der Waals surface area contributed by atoms with Gasteiger partial charge in [0.2, 0.25) is 0 Å². The lowest BCUT2D eigenvalue weighted by Crippen LogP contribution is -2.38. The number of nitrogens with one attached hydrogen (secondary N) is 1. The van der Waals surface area contributed by atoms with Crippen LogP contribution in [0, 0.1) is 0 Å². The molecule has 1 aliphatic carbocycles. The Morgan fingerprint density at radius 1 is 0.780 bits per heavy atom. The molecule has 1 amide bonds. The van der Waals surface area contributed by atoms with Gasteiger partial charge in [-0.25, -0.2) is 0 Å². The summed E-state index contributed by atoms with van der Waals surface area (Å²) in [5.41, 5.74) is 6.94. The summed E-state index contributed by atoms with van der Waals surface area (Å²) >= 11 is 0. The van der Waals surface area contributed by atoms with Gasteiger partial charge in [-0.05, 0) is 73.7 Å². The lowest BCUT2D eigenvalue weighted by Gasteiger charge is -2.35. The van der Waals surface area contributed by atoms with Gasteiger partial charge in [-0.15, -0.1) is 0 Å². The zero-order chi connectivity index (χ0) is 28.3. The van der Waals surface area contributed by atoms with Gasteiger partial charge in [0.25, 0.3) is 5.91 Å². The third kappa shape index (κ3) is 5.04. The van der Waals surface area contributed by atoms with Crippen molar-refractivity contribution in [3.63, 3.8) is 0 Å². The second-order valence-electron chi connectivity index (χ2n) is 10.7. The molecule has 0 aromatic heterocycles. The van der Waals surface area contributed by atoms with Crippen LogP contribution in [0.2, 0.25) is 0 Å². The van der Waals surface area contributed by atoms with Gasteiger partial charge in [0.1, 0.15) is 0 Å². The van der Waals surface area contributed by atoms with Crippen LogP contribution in [-0.2, 0) is 4.79 Å². The fourth-order valence-corrected chi connectivity index (χ4v) is 6.27. The zero-order valence-electron chi connectivity index (χ0n) is 23.6. The van der Waals surface area contributed by atoms with Gasteiger partial charge in [0.15, 0.2) is 5.78 Å². The number of rotatable bonds is 6. The van der Waals surface area contributed by atoms with Gasteiger partial charge >= 0.3 is 0 Å². The third-order valence-electron chi connectivity index (χ3n) is 8.34. The van der Waals surface area contributed by atoms with Crippen molar-refractivity contribution >= 4 is 28.8 Å². The number of para-hydroxylation sites is 2. The normalized spacial score (nSPS) is 18.2. The monoisotopic (exact) mass is 541 g/mol. The molecule has 6 rings (SSSR count). The standard InChI is InChI=1S/C36H35N3O2/c1-3-38(4-2)29-21-19-26(20-22-29)35-34-31(23-28(24-33(34)40)25-13-7-5-8-14-25)37-30-17-11-12-18-32(30)39(35)36(41)27-15-9-6-10-16-27/h5-22,28,35,37H,3-4,23-24H2,1-2H3/t28-,35-/m1/s1. The Morgan fingerprint density at radius 3 is 2.10 bits per heavy atom. The number of ketones is 1. The van der Waals surface area contributed by atoms with Crippen molar-refractivity contribution in [1.82, 2.24) is 0 Å². The highest BCUT2D eigenvalue weighted by atomic mass is 16.2. The lowest BCUT2D eigenvalue weighted by molar-refractivity contribution is -0.116. The highest BCUT2D eigenvalue weighted by Crippen LogP contribution is 2.48. The number of hydrogen-bond donors (Lipinski definition) is 1. The zero-order valence-corrected chi connectivity index (χ0v) is 23.6. The number of amides is 1. The summed E-state index contributed by atoms with van der Waals surface area (Å²) in [5, 5.41) is 3.63. The molecule has 0 spiro atoms. The molecule has 0 radical (unpaired) electrons. The first-order valence-electron chi connectivity index (χ1n) is 14.5. The third-order valence-corrected chi connectivity index (χ3v) is 8.34. The molecule has 0 unspecified atom stereocenters. The van der Waals surface area contributed by atoms with E-state index < -0.39 is 6.04 Å². The van der Waals surface area contributed by atoms with Crippen LogP contribution in [0.1, 0.15) is 60.1 Å². The molecule has 1 heterocycles. The topological polar surface area (TPSA) is 52.7 Å². The molecule has 5 nitrogen and oxygen atoms in total. The van der Waals surface area contributed by atoms with E-state index in [9.17, 15) is 9.59 Å². The van der Waals surface area contributed by atoms with Crippen LogP contribution in [0.4, 0.5) is 17.1 Å². The highest BCUT2D eigenvalue weighted by Gasteiger charge is 2.41. The van der Waals surface area contributed by atoms with Crippen LogP contribution in [0.25, 0.3) is 0 Å². The molecule has 2 atom stereocenters. The molecule has 4 aromatic carbocycles. The summed E-state index contributed by atoms with van der Waals surface area (Å²) in [4.78, 5) is 32.7. The summed E-state index contributed by atoms with van der Waals surface area (Å²) in [6, 6.07) is 35.3. The Labute approximate surface area is 242 Å². The largest absolute Gasteiger partial charge is 0.372 e. The summed E-state index contributed by atoms with van der Waals surface area (Å²) in [6.45, 7) is 6.10. The lowest BCUT2D eigenvalue weighted by atomic mass is 9.78. The van der Waals surface area contributed by atoms with Crippen molar-refractivity contribution in [2.75, 3.05) is 28.2 Å². The van der Waals surface area contributed by atoms with Gasteiger partial charge in [0, 0.05) is 42.0 Å². The maximum atomic E-state index is 14.4. The van der Waals surface area contributed by atoms with Crippen LogP contribution < -0.4 is 15.1 Å². The predicted octanol–water partition coefficient (Wildman–Crippen LogP) is 7.75. The van der Waals surface area contributed by atoms with Crippen molar-refractivity contribution < 1.29 is 9.59 Å². The van der Waals surface area contributed by atoms with Crippen molar-refractivity contribution in [3.05, 3.63) is 137 Å². The Bertz CT molecular complexity index is 1570. The molecular weight excluding hydrogens is 506 g/mol. The fourth-order valence-electron chi connectivity index (χ4n) is 6.27. The minimum Gasteiger partial charge on any atom is -0.372 e. The van der Waals surface area contributed by atoms with Gasteiger partial charge in [-0.3, -0.25) is 14.5 Å². The molecule has 206 valence electrons. The molecule has 1 N–H and O–H groups in total. The number of Topliss-reactive ketones (excluding diaryl/α,β-unsaturated/α-hetero) is 1. The van der Waals surface area contributed by atoms with E-state index in [-0.39, 0.29) is 17.6 Å². The van der Waals surface area contributed by atoms with E-state index in [4.69, 9.17) is 0 Å². The minimum atomic E-state index is -0.566. The van der Waals surface area contributed by atoms with E-state index in [1.165, 1.54) is 0 Å². The number of benzene rings is 4. The van der Waals surface area contributed by atoms with Crippen LogP contribution in [-0.4, -0.2) is 24.8 Å². The number of hydrogen-bond acceptors (Lipinski definition) is 4. The number of fused-ring (bicyclic) bond motifs is 1. The second-order valence-corrected chi connectivity index (χ2v) is 10.7. The minimum absolute atomic E-state index is 0.0732. The van der Waals surface area contributed by atoms with E-state index in [1.54, 1.807) is 0 Å². The molecule has 4 aromatic rings. The Balaban J connectivity index is 1.54. The molecule has 0 bridgehead atoms. The summed E-state index contributed by atoms with van der Waals surface area (Å²) in [5.74, 6) is 0.0117. The Morgan fingerprint density at radius 2 is 1.41 bits per heavy atom. The van der Waals surface area contributed by atoms with E-state index >= 15 is 0 Å². The SMILES string of the molecule is CCN(CC)c1ccc([C@@H]2C3=C(C[C@@H](c4ccccc4)CC3=O)Nc3ccccc3N2C(=O)c2ccccc2)cc1. The summed E-state index contributed by atoms with van der Waals surface area (Å²) in [7, 11) is 0. The second kappa shape index (κ2) is 11.5. The van der Waals surface area contributed by atoms with Crippen LogP contribution in [0.15, 0.2) is 120 Å². The van der Waals surface area contributed by atoms with Gasteiger partial charge in [0.05, 0.1) is 17.4 Å². The summed E-state index contributed by atoms with van der Waals surface area (Å²) in [6.07, 6.45) is 1.10. The Hall–Kier alpha value is -4.64. The van der Waals surface area contributed by atoms with Crippen LogP contribution in [0.5, 0.6) is 0 Å². The molecule has 5 heteroatoms. The maximum absolute atomic E-state index is 14.4. The predicted molar refractivity (Wildman–Crippen MR) is 167 cm³/mol.